The topological polar surface area (TPSA) is 44.8 Å². The average molecular weight is 509 g/mol. The monoisotopic (exact) mass is 508 g/mol. The van der Waals surface area contributed by atoms with Crippen molar-refractivity contribution < 1.29 is 19.0 Å². The van der Waals surface area contributed by atoms with Gasteiger partial charge < -0.3 is 14.2 Å². The first-order valence-electron chi connectivity index (χ1n) is 13.3. The quantitative estimate of drug-likeness (QED) is 0.165. The summed E-state index contributed by atoms with van der Waals surface area (Å²) in [4.78, 5) is 12.6. The van der Waals surface area contributed by atoms with Crippen LogP contribution in [0.15, 0.2) is 76.4 Å². The molecule has 0 heterocycles. The summed E-state index contributed by atoms with van der Waals surface area (Å²) >= 11 is 0. The standard InChI is InChI=1S/C33H48O4/c1-25(2)12-9-14-27(5)16-11-17-29(7)21-23-37-33(34)30-18-19-31(35-8)32(24-30)36-22-20-28(6)15-10-13-26(3)4/h12-13,16,18-21,24H,9-11,14-15,17,22-23H2,1-8H3/b27-16+,28-20+,29-21+. The summed E-state index contributed by atoms with van der Waals surface area (Å²) in [7, 11) is 1.59. The lowest BCUT2D eigenvalue weighted by Gasteiger charge is -2.11. The minimum atomic E-state index is -0.375. The number of allylic oxidation sites excluding steroid dienone is 8. The third-order valence-corrected chi connectivity index (χ3v) is 5.93. The largest absolute Gasteiger partial charge is 0.493 e. The first-order chi connectivity index (χ1) is 17.6. The molecule has 0 saturated heterocycles. The van der Waals surface area contributed by atoms with Gasteiger partial charge in [0.05, 0.1) is 12.7 Å². The molecule has 0 atom stereocenters. The second kappa shape index (κ2) is 18.3. The first-order valence-corrected chi connectivity index (χ1v) is 13.3. The minimum absolute atomic E-state index is 0.254. The molecule has 4 nitrogen and oxygen atoms in total. The van der Waals surface area contributed by atoms with Crippen molar-refractivity contribution in [2.24, 2.45) is 0 Å². The highest BCUT2D eigenvalue weighted by Crippen LogP contribution is 2.28. The van der Waals surface area contributed by atoms with Crippen molar-refractivity contribution in [3.8, 4) is 11.5 Å². The fourth-order valence-electron chi connectivity index (χ4n) is 3.56. The molecule has 0 fully saturated rings. The van der Waals surface area contributed by atoms with Gasteiger partial charge in [-0.1, -0.05) is 46.1 Å². The molecule has 0 saturated carbocycles. The first kappa shape index (κ1) is 32.0. The number of hydrogen-bond acceptors (Lipinski definition) is 4. The number of hydrogen-bond donors (Lipinski definition) is 0. The van der Waals surface area contributed by atoms with E-state index in [2.05, 4.69) is 72.8 Å². The normalized spacial score (nSPS) is 12.2. The van der Waals surface area contributed by atoms with Gasteiger partial charge in [0.2, 0.25) is 0 Å². The van der Waals surface area contributed by atoms with E-state index in [1.54, 1.807) is 25.3 Å². The Bertz CT molecular complexity index is 997. The molecular weight excluding hydrogens is 460 g/mol. The summed E-state index contributed by atoms with van der Waals surface area (Å²) in [6.07, 6.45) is 17.0. The van der Waals surface area contributed by atoms with Crippen LogP contribution in [0.4, 0.5) is 0 Å². The fourth-order valence-corrected chi connectivity index (χ4v) is 3.56. The maximum atomic E-state index is 12.6. The molecule has 4 heteroatoms. The highest BCUT2D eigenvalue weighted by molar-refractivity contribution is 5.90. The second-order valence-electron chi connectivity index (χ2n) is 10.1. The van der Waals surface area contributed by atoms with Crippen LogP contribution < -0.4 is 9.47 Å². The number of ether oxygens (including phenoxy) is 3. The summed E-state index contributed by atoms with van der Waals surface area (Å²) in [5, 5.41) is 0. The van der Waals surface area contributed by atoms with E-state index in [0.29, 0.717) is 23.7 Å². The van der Waals surface area contributed by atoms with E-state index in [-0.39, 0.29) is 12.6 Å². The van der Waals surface area contributed by atoms with Crippen LogP contribution in [-0.4, -0.2) is 26.3 Å². The molecule has 204 valence electrons. The molecule has 0 aliphatic carbocycles. The molecule has 0 aliphatic rings. The molecule has 0 radical (unpaired) electrons. The van der Waals surface area contributed by atoms with E-state index in [9.17, 15) is 4.79 Å². The zero-order chi connectivity index (χ0) is 27.6. The Balaban J connectivity index is 2.58. The van der Waals surface area contributed by atoms with Crippen LogP contribution in [0.25, 0.3) is 0 Å². The summed E-state index contributed by atoms with van der Waals surface area (Å²) in [5.41, 5.74) is 7.05. The molecular formula is C33H48O4. The Labute approximate surface area is 225 Å². The Hall–Kier alpha value is -3.01. The molecule has 0 spiro atoms. The Morgan fingerprint density at radius 1 is 0.676 bits per heavy atom. The van der Waals surface area contributed by atoms with Crippen LogP contribution in [0.1, 0.15) is 97.3 Å². The zero-order valence-corrected chi connectivity index (χ0v) is 24.4. The van der Waals surface area contributed by atoms with Crippen LogP contribution in [0, 0.1) is 0 Å². The minimum Gasteiger partial charge on any atom is -0.493 e. The zero-order valence-electron chi connectivity index (χ0n) is 24.4. The van der Waals surface area contributed by atoms with Crippen LogP contribution in [-0.2, 0) is 4.74 Å². The third kappa shape index (κ3) is 15.0. The predicted octanol–water partition coefficient (Wildman–Crippen LogP) is 9.34. The highest BCUT2D eigenvalue weighted by Gasteiger charge is 2.12. The van der Waals surface area contributed by atoms with Gasteiger partial charge >= 0.3 is 5.97 Å². The Morgan fingerprint density at radius 2 is 1.19 bits per heavy atom. The smallest absolute Gasteiger partial charge is 0.338 e. The molecule has 0 bridgehead atoms. The van der Waals surface area contributed by atoms with E-state index >= 15 is 0 Å². The van der Waals surface area contributed by atoms with Crippen LogP contribution in [0.5, 0.6) is 11.5 Å². The molecule has 37 heavy (non-hydrogen) atoms. The van der Waals surface area contributed by atoms with Crippen molar-refractivity contribution >= 4 is 5.97 Å². The molecule has 0 amide bonds. The molecule has 1 rings (SSSR count). The van der Waals surface area contributed by atoms with E-state index in [4.69, 9.17) is 14.2 Å². The third-order valence-electron chi connectivity index (χ3n) is 5.93. The van der Waals surface area contributed by atoms with Crippen molar-refractivity contribution in [3.63, 3.8) is 0 Å². The van der Waals surface area contributed by atoms with Gasteiger partial charge in [-0.3, -0.25) is 0 Å². The molecule has 0 unspecified atom stereocenters. The van der Waals surface area contributed by atoms with Crippen LogP contribution in [0.2, 0.25) is 0 Å². The van der Waals surface area contributed by atoms with Crippen LogP contribution >= 0.6 is 0 Å². The van der Waals surface area contributed by atoms with Crippen molar-refractivity contribution in [1.29, 1.82) is 0 Å². The highest BCUT2D eigenvalue weighted by atomic mass is 16.5. The maximum Gasteiger partial charge on any atom is 0.338 e. The Kier molecular flexibility index (Phi) is 15.8. The predicted molar refractivity (Wildman–Crippen MR) is 157 cm³/mol. The fraction of sp³-hybridized carbons (Fsp3) is 0.485. The number of esters is 1. The lowest BCUT2D eigenvalue weighted by molar-refractivity contribution is 0.0548. The number of carbonyl (C=O) groups is 1. The number of rotatable bonds is 16. The number of methoxy groups -OCH3 is 1. The summed E-state index contributed by atoms with van der Waals surface area (Å²) in [6.45, 7) is 15.5. The van der Waals surface area contributed by atoms with Gasteiger partial charge in [0.15, 0.2) is 11.5 Å². The number of carbonyl (C=O) groups excluding carboxylic acids is 1. The lowest BCUT2D eigenvalue weighted by Crippen LogP contribution is -2.07. The average Bonchev–Trinajstić information content (AvgIpc) is 2.83. The number of benzene rings is 1. The molecule has 0 aliphatic heterocycles. The van der Waals surface area contributed by atoms with Gasteiger partial charge in [-0.25, -0.2) is 4.79 Å². The molecule has 0 N–H and O–H groups in total. The lowest BCUT2D eigenvalue weighted by atomic mass is 10.1. The van der Waals surface area contributed by atoms with Crippen LogP contribution in [0.3, 0.4) is 0 Å². The van der Waals surface area contributed by atoms with Gasteiger partial charge in [-0.15, -0.1) is 0 Å². The van der Waals surface area contributed by atoms with Crippen molar-refractivity contribution in [3.05, 3.63) is 82.0 Å². The van der Waals surface area contributed by atoms with Gasteiger partial charge in [0.1, 0.15) is 13.2 Å². The van der Waals surface area contributed by atoms with Crippen molar-refractivity contribution in [1.82, 2.24) is 0 Å². The second-order valence-corrected chi connectivity index (χ2v) is 10.1. The van der Waals surface area contributed by atoms with Crippen molar-refractivity contribution in [2.45, 2.75) is 87.0 Å². The SMILES string of the molecule is COc1ccc(C(=O)OC/C=C(\C)CC/C=C(\C)CCC=C(C)C)cc1OC/C=C(\C)CCC=C(C)C. The van der Waals surface area contributed by atoms with E-state index in [1.165, 1.54) is 27.9 Å². The van der Waals surface area contributed by atoms with Gasteiger partial charge in [-0.2, -0.15) is 0 Å². The summed E-state index contributed by atoms with van der Waals surface area (Å²) < 4.78 is 16.8. The van der Waals surface area contributed by atoms with E-state index < -0.39 is 0 Å². The van der Waals surface area contributed by atoms with Gasteiger partial charge in [0.25, 0.3) is 0 Å². The molecule has 0 aromatic heterocycles. The molecule has 1 aromatic rings. The van der Waals surface area contributed by atoms with Gasteiger partial charge in [0, 0.05) is 0 Å². The van der Waals surface area contributed by atoms with Gasteiger partial charge in [-0.05, 0) is 117 Å². The Morgan fingerprint density at radius 3 is 1.73 bits per heavy atom. The summed E-state index contributed by atoms with van der Waals surface area (Å²) in [6, 6.07) is 5.13. The summed E-state index contributed by atoms with van der Waals surface area (Å²) in [5.74, 6) is 0.746. The van der Waals surface area contributed by atoms with E-state index in [0.717, 1.165) is 38.5 Å². The maximum absolute atomic E-state index is 12.6. The van der Waals surface area contributed by atoms with Crippen molar-refractivity contribution in [2.75, 3.05) is 20.3 Å². The molecule has 1 aromatic carbocycles. The van der Waals surface area contributed by atoms with E-state index in [1.807, 2.05) is 6.08 Å².